The molecule has 0 heterocycles. The Balaban J connectivity index is 1.98. The van der Waals surface area contributed by atoms with Crippen LogP contribution < -0.4 is 10.1 Å². The molecule has 0 aromatic heterocycles. The summed E-state index contributed by atoms with van der Waals surface area (Å²) in [6.07, 6.45) is 1.44. The van der Waals surface area contributed by atoms with Crippen LogP contribution in [0.4, 0.5) is 15.8 Å². The Labute approximate surface area is 159 Å². The third kappa shape index (κ3) is 5.37. The number of hydrogen-bond donors (Lipinski definition) is 1. The summed E-state index contributed by atoms with van der Waals surface area (Å²) in [7, 11) is 1.50. The molecule has 0 aliphatic carbocycles. The van der Waals surface area contributed by atoms with Crippen LogP contribution in [0.1, 0.15) is 12.5 Å². The van der Waals surface area contributed by atoms with Crippen LogP contribution in [0.25, 0.3) is 6.08 Å². The van der Waals surface area contributed by atoms with E-state index < -0.39 is 34.4 Å². The molecule has 8 nitrogen and oxygen atoms in total. The number of amides is 1. The fourth-order valence-electron chi connectivity index (χ4n) is 2.20. The highest BCUT2D eigenvalue weighted by atomic mass is 19.1. The van der Waals surface area contributed by atoms with Gasteiger partial charge < -0.3 is 14.8 Å². The topological polar surface area (TPSA) is 108 Å². The summed E-state index contributed by atoms with van der Waals surface area (Å²) < 4.78 is 23.5. The number of methoxy groups -OCH3 is 1. The molecule has 2 aromatic carbocycles. The first-order chi connectivity index (χ1) is 13.3. The van der Waals surface area contributed by atoms with E-state index in [1.54, 1.807) is 24.3 Å². The summed E-state index contributed by atoms with van der Waals surface area (Å²) in [6.45, 7) is 1.34. The number of nitrogens with zero attached hydrogens (tertiary/aromatic N) is 1. The van der Waals surface area contributed by atoms with Crippen molar-refractivity contribution in [2.45, 2.75) is 13.0 Å². The lowest BCUT2D eigenvalue weighted by Crippen LogP contribution is -2.29. The molecule has 0 radical (unpaired) electrons. The molecule has 9 heteroatoms. The first-order valence-electron chi connectivity index (χ1n) is 8.08. The van der Waals surface area contributed by atoms with Crippen LogP contribution in [0.3, 0.4) is 0 Å². The number of anilines is 1. The molecule has 0 aliphatic rings. The summed E-state index contributed by atoms with van der Waals surface area (Å²) >= 11 is 0. The maximum absolute atomic E-state index is 13.3. The summed E-state index contributed by atoms with van der Waals surface area (Å²) in [5, 5.41) is 13.1. The molecule has 0 fully saturated rings. The van der Waals surface area contributed by atoms with Crippen LogP contribution in [-0.2, 0) is 14.3 Å². The molecule has 0 saturated carbocycles. The SMILES string of the molecule is COc1ccccc1/C=C/C(=O)OC(C)C(=O)Nc1ccc(F)c([N+](=O)[O-])c1. The van der Waals surface area contributed by atoms with E-state index in [0.29, 0.717) is 11.3 Å². The summed E-state index contributed by atoms with van der Waals surface area (Å²) in [6, 6.07) is 9.91. The smallest absolute Gasteiger partial charge is 0.331 e. The number of carbonyl (C=O) groups excluding carboxylic acids is 2. The molecule has 0 aliphatic heterocycles. The largest absolute Gasteiger partial charge is 0.496 e. The fraction of sp³-hybridized carbons (Fsp3) is 0.158. The predicted octanol–water partition coefficient (Wildman–Crippen LogP) is 3.33. The first kappa shape index (κ1) is 20.6. The Hall–Kier alpha value is -3.75. The number of ether oxygens (including phenoxy) is 2. The molecule has 146 valence electrons. The Kier molecular flexibility index (Phi) is 6.80. The molecule has 0 spiro atoms. The molecular weight excluding hydrogens is 371 g/mol. The molecule has 0 bridgehead atoms. The zero-order valence-corrected chi connectivity index (χ0v) is 15.0. The first-order valence-corrected chi connectivity index (χ1v) is 8.08. The van der Waals surface area contributed by atoms with Crippen LogP contribution in [0.2, 0.25) is 0 Å². The Morgan fingerprint density at radius 3 is 2.64 bits per heavy atom. The van der Waals surface area contributed by atoms with E-state index in [-0.39, 0.29) is 5.69 Å². The Bertz CT molecular complexity index is 928. The van der Waals surface area contributed by atoms with E-state index in [4.69, 9.17) is 9.47 Å². The second-order valence-electron chi connectivity index (χ2n) is 5.57. The van der Waals surface area contributed by atoms with Crippen molar-refractivity contribution in [2.24, 2.45) is 0 Å². The van der Waals surface area contributed by atoms with Crippen molar-refractivity contribution in [2.75, 3.05) is 12.4 Å². The molecule has 2 aromatic rings. The van der Waals surface area contributed by atoms with E-state index in [1.807, 2.05) is 0 Å². The van der Waals surface area contributed by atoms with Crippen molar-refractivity contribution >= 4 is 29.3 Å². The molecule has 0 saturated heterocycles. The lowest BCUT2D eigenvalue weighted by molar-refractivity contribution is -0.387. The summed E-state index contributed by atoms with van der Waals surface area (Å²) in [5.41, 5.74) is -0.120. The van der Waals surface area contributed by atoms with Crippen LogP contribution in [-0.4, -0.2) is 30.0 Å². The molecule has 1 amide bonds. The standard InChI is InChI=1S/C19H17FN2O6/c1-12(19(24)21-14-8-9-15(20)16(11-14)22(25)26)28-18(23)10-7-13-5-3-4-6-17(13)27-2/h3-12H,1-2H3,(H,21,24)/b10-7+. The highest BCUT2D eigenvalue weighted by molar-refractivity contribution is 5.96. The number of carbonyl (C=O) groups is 2. The minimum Gasteiger partial charge on any atom is -0.496 e. The monoisotopic (exact) mass is 388 g/mol. The number of nitro benzene ring substituents is 1. The number of rotatable bonds is 7. The van der Waals surface area contributed by atoms with Gasteiger partial charge >= 0.3 is 11.7 Å². The van der Waals surface area contributed by atoms with E-state index in [1.165, 1.54) is 20.1 Å². The van der Waals surface area contributed by atoms with E-state index in [0.717, 1.165) is 24.3 Å². The third-order valence-electron chi connectivity index (χ3n) is 3.61. The lowest BCUT2D eigenvalue weighted by atomic mass is 10.2. The quantitative estimate of drug-likeness (QED) is 0.337. The van der Waals surface area contributed by atoms with Gasteiger partial charge in [0.25, 0.3) is 5.91 Å². The minimum absolute atomic E-state index is 0.00515. The summed E-state index contributed by atoms with van der Waals surface area (Å²) in [5.74, 6) is -1.95. The van der Waals surface area contributed by atoms with Gasteiger partial charge in [-0.2, -0.15) is 4.39 Å². The highest BCUT2D eigenvalue weighted by Crippen LogP contribution is 2.22. The van der Waals surface area contributed by atoms with E-state index in [9.17, 15) is 24.1 Å². The van der Waals surface area contributed by atoms with Crippen molar-refractivity contribution in [3.63, 3.8) is 0 Å². The number of esters is 1. The van der Waals surface area contributed by atoms with Crippen molar-refractivity contribution < 1.29 is 28.4 Å². The van der Waals surface area contributed by atoms with Gasteiger partial charge in [-0.3, -0.25) is 14.9 Å². The molecule has 28 heavy (non-hydrogen) atoms. The van der Waals surface area contributed by atoms with Crippen molar-refractivity contribution in [1.82, 2.24) is 0 Å². The lowest BCUT2D eigenvalue weighted by Gasteiger charge is -2.12. The molecular formula is C19H17FN2O6. The second kappa shape index (κ2) is 9.26. The van der Waals surface area contributed by atoms with Crippen molar-refractivity contribution in [3.05, 3.63) is 70.0 Å². The van der Waals surface area contributed by atoms with Crippen LogP contribution in [0.15, 0.2) is 48.5 Å². The van der Waals surface area contributed by atoms with Gasteiger partial charge in [0.15, 0.2) is 6.10 Å². The van der Waals surface area contributed by atoms with Crippen LogP contribution in [0, 0.1) is 15.9 Å². The van der Waals surface area contributed by atoms with Gasteiger partial charge in [-0.25, -0.2) is 4.79 Å². The maximum atomic E-state index is 13.3. The number of halogens is 1. The fourth-order valence-corrected chi connectivity index (χ4v) is 2.20. The minimum atomic E-state index is -1.18. The average molecular weight is 388 g/mol. The van der Waals surface area contributed by atoms with Gasteiger partial charge in [-0.05, 0) is 31.2 Å². The number of nitro groups is 1. The van der Waals surface area contributed by atoms with Crippen LogP contribution in [0.5, 0.6) is 5.75 Å². The molecule has 1 unspecified atom stereocenters. The Morgan fingerprint density at radius 1 is 1.25 bits per heavy atom. The van der Waals surface area contributed by atoms with Gasteiger partial charge in [0.05, 0.1) is 12.0 Å². The van der Waals surface area contributed by atoms with Gasteiger partial charge in [0, 0.05) is 23.4 Å². The average Bonchev–Trinajstić information content (AvgIpc) is 2.67. The van der Waals surface area contributed by atoms with E-state index in [2.05, 4.69) is 5.32 Å². The number of nitrogens with one attached hydrogen (secondary N) is 1. The number of hydrogen-bond acceptors (Lipinski definition) is 6. The highest BCUT2D eigenvalue weighted by Gasteiger charge is 2.19. The van der Waals surface area contributed by atoms with Gasteiger partial charge in [-0.1, -0.05) is 18.2 Å². The molecule has 1 atom stereocenters. The number of para-hydroxylation sites is 1. The molecule has 2 rings (SSSR count). The van der Waals surface area contributed by atoms with Crippen molar-refractivity contribution in [1.29, 1.82) is 0 Å². The van der Waals surface area contributed by atoms with Crippen LogP contribution >= 0.6 is 0 Å². The Morgan fingerprint density at radius 2 is 1.96 bits per heavy atom. The zero-order valence-electron chi connectivity index (χ0n) is 15.0. The predicted molar refractivity (Wildman–Crippen MR) is 99.3 cm³/mol. The normalized spacial score (nSPS) is 11.7. The van der Waals surface area contributed by atoms with Gasteiger partial charge in [-0.15, -0.1) is 0 Å². The summed E-state index contributed by atoms with van der Waals surface area (Å²) in [4.78, 5) is 33.8. The van der Waals surface area contributed by atoms with Gasteiger partial charge in [0.2, 0.25) is 5.82 Å². The van der Waals surface area contributed by atoms with Crippen molar-refractivity contribution in [3.8, 4) is 5.75 Å². The zero-order chi connectivity index (χ0) is 20.7. The number of benzene rings is 2. The van der Waals surface area contributed by atoms with Gasteiger partial charge in [0.1, 0.15) is 5.75 Å². The maximum Gasteiger partial charge on any atom is 0.331 e. The molecule has 1 N–H and O–H groups in total. The third-order valence-corrected chi connectivity index (χ3v) is 3.61. The van der Waals surface area contributed by atoms with E-state index >= 15 is 0 Å². The second-order valence-corrected chi connectivity index (χ2v) is 5.57.